The highest BCUT2D eigenvalue weighted by atomic mass is 32.2. The Morgan fingerprint density at radius 1 is 1.38 bits per heavy atom. The predicted octanol–water partition coefficient (Wildman–Crippen LogP) is 3.90. The maximum atomic E-state index is 11.1. The number of nitro benzene ring substituents is 1. The molecular weight excluding hydrogens is 308 g/mol. The third kappa shape index (κ3) is 2.96. The fourth-order valence-corrected chi connectivity index (χ4v) is 3.23. The van der Waals surface area contributed by atoms with E-state index in [1.807, 2.05) is 30.5 Å². The van der Waals surface area contributed by atoms with E-state index in [1.54, 1.807) is 23.5 Å². The predicted molar refractivity (Wildman–Crippen MR) is 81.7 cm³/mol. The van der Waals surface area contributed by atoms with E-state index in [4.69, 9.17) is 0 Å². The maximum absolute atomic E-state index is 11.1. The fraction of sp³-hybridized carbons (Fsp3) is 0.0769. The number of aryl methyl sites for hydroxylation is 1. The Morgan fingerprint density at radius 3 is 2.95 bits per heavy atom. The van der Waals surface area contributed by atoms with Crippen molar-refractivity contribution in [3.05, 3.63) is 51.4 Å². The summed E-state index contributed by atoms with van der Waals surface area (Å²) in [7, 11) is 0. The van der Waals surface area contributed by atoms with Gasteiger partial charge in [0.1, 0.15) is 0 Å². The number of H-pyrrole nitrogens is 1. The summed E-state index contributed by atoms with van der Waals surface area (Å²) in [6, 6.07) is 8.98. The van der Waals surface area contributed by atoms with Crippen molar-refractivity contribution in [2.24, 2.45) is 0 Å². The SMILES string of the molecule is Cc1ccc(Sc2n[nH]c(-c3cccs3)n2)c([N+](=O)[O-])c1. The Balaban J connectivity index is 1.89. The van der Waals surface area contributed by atoms with Gasteiger partial charge < -0.3 is 0 Å². The van der Waals surface area contributed by atoms with Gasteiger partial charge in [0.05, 0.1) is 14.7 Å². The third-order valence-corrected chi connectivity index (χ3v) is 4.54. The number of hydrogen-bond acceptors (Lipinski definition) is 6. The second-order valence-corrected chi connectivity index (χ2v) is 6.23. The average molecular weight is 318 g/mol. The van der Waals surface area contributed by atoms with Crippen LogP contribution in [0.1, 0.15) is 5.56 Å². The van der Waals surface area contributed by atoms with Gasteiger partial charge in [-0.1, -0.05) is 12.1 Å². The van der Waals surface area contributed by atoms with Gasteiger partial charge in [-0.3, -0.25) is 15.2 Å². The monoisotopic (exact) mass is 318 g/mol. The van der Waals surface area contributed by atoms with Crippen LogP contribution in [0.25, 0.3) is 10.7 Å². The van der Waals surface area contributed by atoms with Crippen LogP contribution < -0.4 is 0 Å². The topological polar surface area (TPSA) is 84.7 Å². The van der Waals surface area contributed by atoms with Crippen molar-refractivity contribution in [1.29, 1.82) is 0 Å². The van der Waals surface area contributed by atoms with Crippen LogP contribution in [-0.2, 0) is 0 Å². The lowest BCUT2D eigenvalue weighted by Crippen LogP contribution is -1.92. The Hall–Kier alpha value is -2.19. The van der Waals surface area contributed by atoms with Crippen molar-refractivity contribution in [2.45, 2.75) is 17.0 Å². The normalized spacial score (nSPS) is 10.7. The maximum Gasteiger partial charge on any atom is 0.283 e. The minimum Gasteiger partial charge on any atom is -0.258 e. The summed E-state index contributed by atoms with van der Waals surface area (Å²) in [5.41, 5.74) is 0.919. The van der Waals surface area contributed by atoms with Crippen molar-refractivity contribution >= 4 is 28.8 Å². The molecule has 21 heavy (non-hydrogen) atoms. The quantitative estimate of drug-likeness (QED) is 0.582. The number of aromatic amines is 1. The molecule has 8 heteroatoms. The van der Waals surface area contributed by atoms with Gasteiger partial charge in [0, 0.05) is 6.07 Å². The highest BCUT2D eigenvalue weighted by Gasteiger charge is 2.17. The summed E-state index contributed by atoms with van der Waals surface area (Å²) in [6.07, 6.45) is 0. The lowest BCUT2D eigenvalue weighted by Gasteiger charge is -2.00. The van der Waals surface area contributed by atoms with Crippen LogP contribution in [0.15, 0.2) is 45.8 Å². The summed E-state index contributed by atoms with van der Waals surface area (Å²) < 4.78 is 0. The number of hydrogen-bond donors (Lipinski definition) is 1. The highest BCUT2D eigenvalue weighted by Crippen LogP contribution is 2.34. The van der Waals surface area contributed by atoms with E-state index in [2.05, 4.69) is 15.2 Å². The van der Waals surface area contributed by atoms with Crippen molar-refractivity contribution in [1.82, 2.24) is 15.2 Å². The van der Waals surface area contributed by atoms with E-state index in [-0.39, 0.29) is 10.6 Å². The number of rotatable bonds is 4. The van der Waals surface area contributed by atoms with Gasteiger partial charge in [-0.2, -0.15) is 0 Å². The molecule has 0 fully saturated rings. The van der Waals surface area contributed by atoms with Crippen molar-refractivity contribution in [3.8, 4) is 10.7 Å². The smallest absolute Gasteiger partial charge is 0.258 e. The van der Waals surface area contributed by atoms with Crippen LogP contribution in [0.3, 0.4) is 0 Å². The average Bonchev–Trinajstić information content (AvgIpc) is 3.11. The molecule has 3 rings (SSSR count). The molecule has 1 N–H and O–H groups in total. The first-order valence-corrected chi connectivity index (χ1v) is 7.72. The first-order chi connectivity index (χ1) is 10.1. The lowest BCUT2D eigenvalue weighted by atomic mass is 10.2. The van der Waals surface area contributed by atoms with Crippen LogP contribution in [0.2, 0.25) is 0 Å². The van der Waals surface area contributed by atoms with Crippen LogP contribution in [0, 0.1) is 17.0 Å². The van der Waals surface area contributed by atoms with E-state index < -0.39 is 0 Å². The number of nitrogens with zero attached hydrogens (tertiary/aromatic N) is 3. The Bertz CT molecular complexity index is 783. The molecule has 0 amide bonds. The number of thiophene rings is 1. The Morgan fingerprint density at radius 2 is 2.24 bits per heavy atom. The molecule has 0 unspecified atom stereocenters. The molecule has 0 spiro atoms. The zero-order valence-corrected chi connectivity index (χ0v) is 12.6. The van der Waals surface area contributed by atoms with Crippen molar-refractivity contribution < 1.29 is 4.92 Å². The van der Waals surface area contributed by atoms with Gasteiger partial charge in [-0.25, -0.2) is 4.98 Å². The largest absolute Gasteiger partial charge is 0.283 e. The highest BCUT2D eigenvalue weighted by molar-refractivity contribution is 7.99. The van der Waals surface area contributed by atoms with Gasteiger partial charge in [0.25, 0.3) is 5.69 Å². The van der Waals surface area contributed by atoms with Gasteiger partial charge in [0.2, 0.25) is 5.16 Å². The van der Waals surface area contributed by atoms with Crippen molar-refractivity contribution in [2.75, 3.05) is 0 Å². The first kappa shape index (κ1) is 13.8. The molecule has 0 aliphatic carbocycles. The first-order valence-electron chi connectivity index (χ1n) is 6.02. The Kier molecular flexibility index (Phi) is 3.72. The van der Waals surface area contributed by atoms with E-state index in [1.165, 1.54) is 11.8 Å². The van der Waals surface area contributed by atoms with Crippen LogP contribution >= 0.6 is 23.1 Å². The molecular formula is C13H10N4O2S2. The zero-order chi connectivity index (χ0) is 14.8. The molecule has 2 heterocycles. The number of nitrogens with one attached hydrogen (secondary N) is 1. The molecule has 1 aromatic carbocycles. The van der Waals surface area contributed by atoms with E-state index in [9.17, 15) is 10.1 Å². The minimum absolute atomic E-state index is 0.0717. The molecule has 0 aliphatic rings. The van der Waals surface area contributed by atoms with Gasteiger partial charge in [-0.05, 0) is 41.8 Å². The van der Waals surface area contributed by atoms with E-state index >= 15 is 0 Å². The molecule has 106 valence electrons. The van der Waals surface area contributed by atoms with E-state index in [0.717, 1.165) is 10.4 Å². The molecule has 0 aliphatic heterocycles. The van der Waals surface area contributed by atoms with Gasteiger partial charge in [-0.15, -0.1) is 16.4 Å². The molecule has 0 atom stereocenters. The van der Waals surface area contributed by atoms with Crippen LogP contribution in [0.4, 0.5) is 5.69 Å². The molecule has 0 radical (unpaired) electrons. The summed E-state index contributed by atoms with van der Waals surface area (Å²) in [6.45, 7) is 1.82. The number of nitro groups is 1. The Labute approximate surface area is 128 Å². The second-order valence-electron chi connectivity index (χ2n) is 4.27. The fourth-order valence-electron chi connectivity index (χ4n) is 1.77. The summed E-state index contributed by atoms with van der Waals surface area (Å²) in [4.78, 5) is 16.6. The second kappa shape index (κ2) is 5.66. The minimum atomic E-state index is -0.387. The van der Waals surface area contributed by atoms with Crippen LogP contribution in [0.5, 0.6) is 0 Å². The number of benzene rings is 1. The standard InChI is InChI=1S/C13H10N4O2S2/c1-8-4-5-10(9(7-8)17(18)19)21-13-14-12(15-16-13)11-3-2-6-20-11/h2-7H,1H3,(H,14,15,16). The van der Waals surface area contributed by atoms with Crippen LogP contribution in [-0.4, -0.2) is 20.1 Å². The number of aromatic nitrogens is 3. The molecule has 0 bridgehead atoms. The summed E-state index contributed by atoms with van der Waals surface area (Å²) in [5.74, 6) is 0.669. The molecule has 3 aromatic rings. The van der Waals surface area contributed by atoms with Gasteiger partial charge >= 0.3 is 0 Å². The summed E-state index contributed by atoms with van der Waals surface area (Å²) >= 11 is 2.73. The zero-order valence-electron chi connectivity index (χ0n) is 10.9. The van der Waals surface area contributed by atoms with Crippen molar-refractivity contribution in [3.63, 3.8) is 0 Å². The van der Waals surface area contributed by atoms with Gasteiger partial charge in [0.15, 0.2) is 5.82 Å². The molecule has 6 nitrogen and oxygen atoms in total. The summed E-state index contributed by atoms with van der Waals surface area (Å²) in [5, 5.41) is 20.5. The molecule has 0 saturated carbocycles. The molecule has 2 aromatic heterocycles. The van der Waals surface area contributed by atoms with E-state index in [0.29, 0.717) is 15.9 Å². The lowest BCUT2D eigenvalue weighted by molar-refractivity contribution is -0.387. The third-order valence-electron chi connectivity index (χ3n) is 2.73. The molecule has 0 saturated heterocycles.